The molecule has 1 saturated heterocycles. The maximum atomic E-state index is 12.3. The molecule has 1 aliphatic heterocycles. The van der Waals surface area contributed by atoms with Crippen molar-refractivity contribution < 1.29 is 8.42 Å². The smallest absolute Gasteiger partial charge is 0.214 e. The Morgan fingerprint density at radius 3 is 2.75 bits per heavy atom. The van der Waals surface area contributed by atoms with Crippen molar-refractivity contribution in [2.45, 2.75) is 25.8 Å². The average molecular weight is 300 g/mol. The van der Waals surface area contributed by atoms with Gasteiger partial charge in [-0.15, -0.1) is 0 Å². The van der Waals surface area contributed by atoms with Crippen LogP contribution in [0, 0.1) is 5.92 Å². The Morgan fingerprint density at radius 1 is 1.45 bits per heavy atom. The van der Waals surface area contributed by atoms with Crippen LogP contribution in [0.1, 0.15) is 24.8 Å². The van der Waals surface area contributed by atoms with Crippen molar-refractivity contribution in [2.24, 2.45) is 13.0 Å². The van der Waals surface area contributed by atoms with E-state index in [2.05, 4.69) is 10.4 Å². The lowest BCUT2D eigenvalue weighted by molar-refractivity contribution is 0.362. The minimum Gasteiger partial charge on any atom is -0.317 e. The lowest BCUT2D eigenvalue weighted by Gasteiger charge is -2.23. The monoisotopic (exact) mass is 300 g/mol. The van der Waals surface area contributed by atoms with Crippen molar-refractivity contribution in [1.82, 2.24) is 19.4 Å². The van der Waals surface area contributed by atoms with E-state index in [1.54, 1.807) is 17.9 Å². The topological polar surface area (TPSA) is 67.2 Å². The SMILES string of the molecule is CN(Cc1cnn(C)c1)S(=O)(=O)CCC1CCNCC1. The van der Waals surface area contributed by atoms with Crippen LogP contribution in [0.25, 0.3) is 0 Å². The molecule has 0 amide bonds. The second-order valence-electron chi connectivity index (χ2n) is 5.58. The zero-order chi connectivity index (χ0) is 14.6. The molecule has 0 unspecified atom stereocenters. The number of aryl methyl sites for hydroxylation is 1. The van der Waals surface area contributed by atoms with E-state index in [4.69, 9.17) is 0 Å². The number of hydrogen-bond donors (Lipinski definition) is 1. The molecule has 0 saturated carbocycles. The molecule has 0 atom stereocenters. The largest absolute Gasteiger partial charge is 0.317 e. The molecule has 2 rings (SSSR count). The molecule has 1 aromatic heterocycles. The van der Waals surface area contributed by atoms with Gasteiger partial charge in [0.15, 0.2) is 0 Å². The van der Waals surface area contributed by atoms with Gasteiger partial charge in [0.1, 0.15) is 0 Å². The quantitative estimate of drug-likeness (QED) is 0.834. The van der Waals surface area contributed by atoms with E-state index in [0.29, 0.717) is 12.5 Å². The summed E-state index contributed by atoms with van der Waals surface area (Å²) in [6, 6.07) is 0. The average Bonchev–Trinajstić information content (AvgIpc) is 2.83. The van der Waals surface area contributed by atoms with Gasteiger partial charge in [0, 0.05) is 32.4 Å². The minimum absolute atomic E-state index is 0.244. The summed E-state index contributed by atoms with van der Waals surface area (Å²) in [5.41, 5.74) is 0.917. The molecule has 0 aromatic carbocycles. The molecule has 0 radical (unpaired) electrons. The van der Waals surface area contributed by atoms with Crippen molar-refractivity contribution in [1.29, 1.82) is 0 Å². The number of hydrogen-bond acceptors (Lipinski definition) is 4. The summed E-state index contributed by atoms with van der Waals surface area (Å²) in [6.45, 7) is 2.41. The molecule has 6 nitrogen and oxygen atoms in total. The van der Waals surface area contributed by atoms with Crippen LogP contribution in [-0.2, 0) is 23.6 Å². The van der Waals surface area contributed by atoms with Gasteiger partial charge >= 0.3 is 0 Å². The van der Waals surface area contributed by atoms with Crippen molar-refractivity contribution in [2.75, 3.05) is 25.9 Å². The Kier molecular flexibility index (Phi) is 5.17. The van der Waals surface area contributed by atoms with Gasteiger partial charge in [-0.2, -0.15) is 5.10 Å². The van der Waals surface area contributed by atoms with E-state index in [-0.39, 0.29) is 5.75 Å². The first-order chi connectivity index (χ1) is 9.47. The Morgan fingerprint density at radius 2 is 2.15 bits per heavy atom. The van der Waals surface area contributed by atoms with Crippen LogP contribution in [-0.4, -0.2) is 48.4 Å². The maximum absolute atomic E-state index is 12.3. The van der Waals surface area contributed by atoms with Crippen molar-refractivity contribution >= 4 is 10.0 Å². The predicted octanol–water partition coefficient (Wildman–Crippen LogP) is 0.571. The van der Waals surface area contributed by atoms with Crippen LogP contribution in [0.2, 0.25) is 0 Å². The second-order valence-corrected chi connectivity index (χ2v) is 7.77. The third-order valence-electron chi connectivity index (χ3n) is 3.88. The van der Waals surface area contributed by atoms with Crippen LogP contribution < -0.4 is 5.32 Å². The van der Waals surface area contributed by atoms with E-state index < -0.39 is 10.0 Å². The van der Waals surface area contributed by atoms with E-state index in [1.165, 1.54) is 4.31 Å². The summed E-state index contributed by atoms with van der Waals surface area (Å²) < 4.78 is 27.7. The molecule has 0 bridgehead atoms. The van der Waals surface area contributed by atoms with Gasteiger partial charge in [-0.1, -0.05) is 0 Å². The zero-order valence-electron chi connectivity index (χ0n) is 12.2. The third-order valence-corrected chi connectivity index (χ3v) is 5.71. The number of sulfonamides is 1. The van der Waals surface area contributed by atoms with Crippen LogP contribution >= 0.6 is 0 Å². The minimum atomic E-state index is -3.17. The van der Waals surface area contributed by atoms with Gasteiger partial charge in [0.2, 0.25) is 10.0 Å². The number of nitrogens with one attached hydrogen (secondary N) is 1. The molecule has 1 N–H and O–H groups in total. The molecular formula is C13H24N4O2S. The van der Waals surface area contributed by atoms with Crippen molar-refractivity contribution in [3.63, 3.8) is 0 Å². The molecule has 7 heteroatoms. The van der Waals surface area contributed by atoms with Crippen LogP contribution in [0.3, 0.4) is 0 Å². The summed E-state index contributed by atoms with van der Waals surface area (Å²) in [5.74, 6) is 0.784. The summed E-state index contributed by atoms with van der Waals surface area (Å²) in [4.78, 5) is 0. The van der Waals surface area contributed by atoms with Gasteiger partial charge < -0.3 is 5.32 Å². The van der Waals surface area contributed by atoms with Gasteiger partial charge in [-0.05, 0) is 38.3 Å². The Balaban J connectivity index is 1.85. The highest BCUT2D eigenvalue weighted by Gasteiger charge is 2.21. The van der Waals surface area contributed by atoms with Crippen LogP contribution in [0.5, 0.6) is 0 Å². The van der Waals surface area contributed by atoms with E-state index in [0.717, 1.165) is 37.9 Å². The first kappa shape index (κ1) is 15.5. The Hall–Kier alpha value is -0.920. The van der Waals surface area contributed by atoms with Crippen LogP contribution in [0.15, 0.2) is 12.4 Å². The number of piperidine rings is 1. The molecule has 1 aromatic rings. The summed E-state index contributed by atoms with van der Waals surface area (Å²) in [7, 11) is 0.299. The number of aromatic nitrogens is 2. The normalized spacial score (nSPS) is 17.8. The summed E-state index contributed by atoms with van der Waals surface area (Å²) >= 11 is 0. The van der Waals surface area contributed by atoms with E-state index in [9.17, 15) is 8.42 Å². The highest BCUT2D eigenvalue weighted by Crippen LogP contribution is 2.18. The first-order valence-corrected chi connectivity index (χ1v) is 8.70. The predicted molar refractivity (Wildman–Crippen MR) is 78.7 cm³/mol. The highest BCUT2D eigenvalue weighted by atomic mass is 32.2. The molecule has 0 spiro atoms. The van der Waals surface area contributed by atoms with Crippen molar-refractivity contribution in [3.8, 4) is 0 Å². The lowest BCUT2D eigenvalue weighted by Crippen LogP contribution is -2.32. The second kappa shape index (κ2) is 6.69. The fourth-order valence-corrected chi connectivity index (χ4v) is 3.84. The standard InChI is InChI=1S/C13H24N4O2S/c1-16-10-13(9-15-16)11-17(2)20(18,19)8-5-12-3-6-14-7-4-12/h9-10,12,14H,3-8,11H2,1-2H3. The fraction of sp³-hybridized carbons (Fsp3) is 0.769. The lowest BCUT2D eigenvalue weighted by atomic mass is 9.96. The van der Waals surface area contributed by atoms with Crippen molar-refractivity contribution in [3.05, 3.63) is 18.0 Å². The first-order valence-electron chi connectivity index (χ1n) is 7.09. The van der Waals surface area contributed by atoms with Gasteiger partial charge in [0.05, 0.1) is 11.9 Å². The Labute approximate surface area is 121 Å². The number of rotatable bonds is 6. The molecule has 0 aliphatic carbocycles. The maximum Gasteiger partial charge on any atom is 0.214 e. The van der Waals surface area contributed by atoms with Crippen LogP contribution in [0.4, 0.5) is 0 Å². The molecule has 1 aliphatic rings. The van der Waals surface area contributed by atoms with Gasteiger partial charge in [0.25, 0.3) is 0 Å². The molecule has 2 heterocycles. The van der Waals surface area contributed by atoms with Gasteiger partial charge in [-0.25, -0.2) is 12.7 Å². The molecule has 20 heavy (non-hydrogen) atoms. The third kappa shape index (κ3) is 4.29. The highest BCUT2D eigenvalue weighted by molar-refractivity contribution is 7.89. The zero-order valence-corrected chi connectivity index (χ0v) is 13.1. The van der Waals surface area contributed by atoms with E-state index in [1.807, 2.05) is 13.2 Å². The van der Waals surface area contributed by atoms with Gasteiger partial charge in [-0.3, -0.25) is 4.68 Å². The number of nitrogens with zero attached hydrogens (tertiary/aromatic N) is 3. The fourth-order valence-electron chi connectivity index (χ4n) is 2.55. The Bertz CT molecular complexity index is 520. The van der Waals surface area contributed by atoms with E-state index >= 15 is 0 Å². The molecular weight excluding hydrogens is 276 g/mol. The summed E-state index contributed by atoms with van der Waals surface area (Å²) in [6.07, 6.45) is 6.49. The molecule has 114 valence electrons. The summed E-state index contributed by atoms with van der Waals surface area (Å²) in [5, 5.41) is 7.36. The molecule has 1 fully saturated rings.